The molecule has 4 heteroatoms. The van der Waals surface area contributed by atoms with E-state index in [0.717, 1.165) is 36.9 Å². The van der Waals surface area contributed by atoms with E-state index < -0.39 is 0 Å². The number of likely N-dealkylation sites (tertiary alicyclic amines) is 1. The summed E-state index contributed by atoms with van der Waals surface area (Å²) in [5, 5.41) is 10.1. The predicted molar refractivity (Wildman–Crippen MR) is 82.3 cm³/mol. The molecule has 1 aromatic carbocycles. The van der Waals surface area contributed by atoms with Gasteiger partial charge in [-0.3, -0.25) is 9.69 Å². The standard InChI is InChI=1S/C17H25NO3/c1-12-8-14(16(19)9-13(12)2)11-18-7-5-4-6-15(18)10-17(20)21-3/h8-9,15,19H,4-7,10-11H2,1-3H3. The summed E-state index contributed by atoms with van der Waals surface area (Å²) in [6.07, 6.45) is 3.74. The Kier molecular flexibility index (Phi) is 5.23. The Bertz CT molecular complexity index is 513. The topological polar surface area (TPSA) is 49.8 Å². The van der Waals surface area contributed by atoms with Crippen LogP contribution in [0.5, 0.6) is 5.75 Å². The molecule has 0 aliphatic carbocycles. The number of benzene rings is 1. The molecule has 0 amide bonds. The van der Waals surface area contributed by atoms with Crippen molar-refractivity contribution in [3.05, 3.63) is 28.8 Å². The molecule has 0 spiro atoms. The summed E-state index contributed by atoms with van der Waals surface area (Å²) in [5.41, 5.74) is 3.22. The average Bonchev–Trinajstić information content (AvgIpc) is 2.46. The molecule has 116 valence electrons. The number of carbonyl (C=O) groups is 1. The van der Waals surface area contributed by atoms with Crippen LogP contribution in [0, 0.1) is 13.8 Å². The molecule has 1 N–H and O–H groups in total. The molecule has 0 aromatic heterocycles. The summed E-state index contributed by atoms with van der Waals surface area (Å²) in [4.78, 5) is 13.8. The number of hydrogen-bond acceptors (Lipinski definition) is 4. The van der Waals surface area contributed by atoms with Crippen LogP contribution in [-0.2, 0) is 16.1 Å². The van der Waals surface area contributed by atoms with Crippen LogP contribution in [0.1, 0.15) is 42.4 Å². The molecule has 4 nitrogen and oxygen atoms in total. The number of methoxy groups -OCH3 is 1. The van der Waals surface area contributed by atoms with Crippen molar-refractivity contribution in [3.63, 3.8) is 0 Å². The van der Waals surface area contributed by atoms with E-state index in [2.05, 4.69) is 17.9 Å². The number of rotatable bonds is 4. The lowest BCUT2D eigenvalue weighted by Crippen LogP contribution is -2.40. The van der Waals surface area contributed by atoms with E-state index in [1.165, 1.54) is 12.7 Å². The smallest absolute Gasteiger partial charge is 0.307 e. The highest BCUT2D eigenvalue weighted by Gasteiger charge is 2.25. The van der Waals surface area contributed by atoms with Crippen molar-refractivity contribution in [2.75, 3.05) is 13.7 Å². The van der Waals surface area contributed by atoms with Crippen molar-refractivity contribution in [1.29, 1.82) is 0 Å². The number of nitrogens with zero attached hydrogens (tertiary/aromatic N) is 1. The minimum atomic E-state index is -0.156. The van der Waals surface area contributed by atoms with Crippen molar-refractivity contribution < 1.29 is 14.6 Å². The van der Waals surface area contributed by atoms with Gasteiger partial charge >= 0.3 is 5.97 Å². The third kappa shape index (κ3) is 3.97. The summed E-state index contributed by atoms with van der Waals surface area (Å²) in [6.45, 7) is 5.71. The molecule has 0 saturated carbocycles. The number of aromatic hydroxyl groups is 1. The highest BCUT2D eigenvalue weighted by molar-refractivity contribution is 5.69. The minimum Gasteiger partial charge on any atom is -0.508 e. The SMILES string of the molecule is COC(=O)CC1CCCCN1Cc1cc(C)c(C)cc1O. The highest BCUT2D eigenvalue weighted by Crippen LogP contribution is 2.27. The largest absolute Gasteiger partial charge is 0.508 e. The molecule has 1 aliphatic rings. The van der Waals surface area contributed by atoms with Crippen LogP contribution in [0.4, 0.5) is 0 Å². The van der Waals surface area contributed by atoms with Gasteiger partial charge in [0.05, 0.1) is 13.5 Å². The minimum absolute atomic E-state index is 0.156. The second kappa shape index (κ2) is 6.94. The summed E-state index contributed by atoms with van der Waals surface area (Å²) < 4.78 is 4.80. The fraction of sp³-hybridized carbons (Fsp3) is 0.588. The quantitative estimate of drug-likeness (QED) is 0.867. The third-order valence-corrected chi connectivity index (χ3v) is 4.45. The van der Waals surface area contributed by atoms with Crippen LogP contribution in [-0.4, -0.2) is 35.7 Å². The molecule has 2 rings (SSSR count). The van der Waals surface area contributed by atoms with Crippen LogP contribution >= 0.6 is 0 Å². The monoisotopic (exact) mass is 291 g/mol. The van der Waals surface area contributed by atoms with Gasteiger partial charge in [-0.1, -0.05) is 12.5 Å². The molecule has 1 aromatic rings. The third-order valence-electron chi connectivity index (χ3n) is 4.45. The van der Waals surface area contributed by atoms with Crippen molar-refractivity contribution in [2.45, 2.75) is 52.1 Å². The maximum atomic E-state index is 11.5. The Morgan fingerprint density at radius 1 is 1.33 bits per heavy atom. The van der Waals surface area contributed by atoms with Crippen molar-refractivity contribution in [3.8, 4) is 5.75 Å². The molecule has 0 radical (unpaired) electrons. The van der Waals surface area contributed by atoms with Crippen LogP contribution in [0.3, 0.4) is 0 Å². The van der Waals surface area contributed by atoms with Crippen LogP contribution in [0.2, 0.25) is 0 Å². The van der Waals surface area contributed by atoms with Crippen molar-refractivity contribution in [1.82, 2.24) is 4.90 Å². The second-order valence-electron chi connectivity index (χ2n) is 5.97. The number of ether oxygens (including phenoxy) is 1. The van der Waals surface area contributed by atoms with Crippen LogP contribution in [0.25, 0.3) is 0 Å². The van der Waals surface area contributed by atoms with Gasteiger partial charge in [-0.15, -0.1) is 0 Å². The Morgan fingerprint density at radius 2 is 2.05 bits per heavy atom. The number of carbonyl (C=O) groups excluding carboxylic acids is 1. The first-order valence-corrected chi connectivity index (χ1v) is 7.61. The first kappa shape index (κ1) is 15.8. The summed E-state index contributed by atoms with van der Waals surface area (Å²) in [5.74, 6) is 0.191. The zero-order valence-electron chi connectivity index (χ0n) is 13.2. The number of hydrogen-bond donors (Lipinski definition) is 1. The summed E-state index contributed by atoms with van der Waals surface area (Å²) in [6, 6.07) is 4.09. The number of phenols is 1. The predicted octanol–water partition coefficient (Wildman–Crippen LogP) is 2.93. The molecule has 1 fully saturated rings. The Hall–Kier alpha value is -1.55. The average molecular weight is 291 g/mol. The fourth-order valence-corrected chi connectivity index (χ4v) is 2.98. The van der Waals surface area contributed by atoms with Gasteiger partial charge in [0, 0.05) is 18.2 Å². The van der Waals surface area contributed by atoms with Gasteiger partial charge in [0.1, 0.15) is 5.75 Å². The van der Waals surface area contributed by atoms with Crippen molar-refractivity contribution >= 4 is 5.97 Å². The zero-order chi connectivity index (χ0) is 15.4. The zero-order valence-corrected chi connectivity index (χ0v) is 13.2. The van der Waals surface area contributed by atoms with E-state index >= 15 is 0 Å². The molecule has 21 heavy (non-hydrogen) atoms. The molecule has 1 unspecified atom stereocenters. The van der Waals surface area contributed by atoms with Gasteiger partial charge in [0.15, 0.2) is 0 Å². The second-order valence-corrected chi connectivity index (χ2v) is 5.97. The summed E-state index contributed by atoms with van der Waals surface area (Å²) in [7, 11) is 1.44. The van der Waals surface area contributed by atoms with Gasteiger partial charge < -0.3 is 9.84 Å². The molecule has 1 saturated heterocycles. The molecule has 1 atom stereocenters. The van der Waals surface area contributed by atoms with E-state index in [-0.39, 0.29) is 12.0 Å². The van der Waals surface area contributed by atoms with E-state index in [1.807, 2.05) is 13.0 Å². The number of aryl methyl sites for hydroxylation is 2. The van der Waals surface area contributed by atoms with E-state index in [1.54, 1.807) is 0 Å². The Balaban J connectivity index is 2.12. The number of piperidine rings is 1. The lowest BCUT2D eigenvalue weighted by Gasteiger charge is -2.35. The summed E-state index contributed by atoms with van der Waals surface area (Å²) >= 11 is 0. The Labute approximate surface area is 126 Å². The maximum Gasteiger partial charge on any atom is 0.307 e. The molecular formula is C17H25NO3. The van der Waals surface area contributed by atoms with Crippen molar-refractivity contribution in [2.24, 2.45) is 0 Å². The fourth-order valence-electron chi connectivity index (χ4n) is 2.98. The lowest BCUT2D eigenvalue weighted by molar-refractivity contribution is -0.142. The van der Waals surface area contributed by atoms with Gasteiger partial charge in [0.25, 0.3) is 0 Å². The van der Waals surface area contributed by atoms with E-state index in [4.69, 9.17) is 4.74 Å². The van der Waals surface area contributed by atoms with Gasteiger partial charge in [-0.25, -0.2) is 0 Å². The number of esters is 1. The first-order chi connectivity index (χ1) is 10.0. The molecule has 0 bridgehead atoms. The maximum absolute atomic E-state index is 11.5. The molecule has 1 heterocycles. The molecule has 1 aliphatic heterocycles. The lowest BCUT2D eigenvalue weighted by atomic mass is 9.97. The van der Waals surface area contributed by atoms with Gasteiger partial charge in [0.2, 0.25) is 0 Å². The van der Waals surface area contributed by atoms with Gasteiger partial charge in [-0.05, 0) is 50.4 Å². The number of phenolic OH excluding ortho intramolecular Hbond substituents is 1. The first-order valence-electron chi connectivity index (χ1n) is 7.61. The Morgan fingerprint density at radius 3 is 2.76 bits per heavy atom. The van der Waals surface area contributed by atoms with Gasteiger partial charge in [-0.2, -0.15) is 0 Å². The van der Waals surface area contributed by atoms with E-state index in [9.17, 15) is 9.90 Å². The normalized spacial score (nSPS) is 19.5. The highest BCUT2D eigenvalue weighted by atomic mass is 16.5. The van der Waals surface area contributed by atoms with Crippen LogP contribution in [0.15, 0.2) is 12.1 Å². The van der Waals surface area contributed by atoms with Crippen LogP contribution < -0.4 is 0 Å². The molecular weight excluding hydrogens is 266 g/mol. The van der Waals surface area contributed by atoms with E-state index in [0.29, 0.717) is 18.7 Å².